The van der Waals surface area contributed by atoms with Gasteiger partial charge >= 0.3 is 0 Å². The van der Waals surface area contributed by atoms with Crippen molar-refractivity contribution in [1.82, 2.24) is 4.90 Å². The monoisotopic (exact) mass is 284 g/mol. The number of nitro groups is 1. The van der Waals surface area contributed by atoms with Crippen LogP contribution >= 0.6 is 0 Å². The fourth-order valence-corrected chi connectivity index (χ4v) is 2.06. The van der Waals surface area contributed by atoms with Crippen molar-refractivity contribution in [2.45, 2.75) is 13.5 Å². The first-order valence-electron chi connectivity index (χ1n) is 6.53. The van der Waals surface area contributed by atoms with E-state index < -0.39 is 4.92 Å². The Morgan fingerprint density at radius 3 is 2.33 bits per heavy atom. The molecule has 0 spiro atoms. The summed E-state index contributed by atoms with van der Waals surface area (Å²) < 4.78 is 0. The zero-order valence-corrected chi connectivity index (χ0v) is 11.9. The molecule has 0 aliphatic heterocycles. The Labute approximate surface area is 123 Å². The van der Waals surface area contributed by atoms with Crippen LogP contribution in [0, 0.1) is 17.0 Å². The van der Waals surface area contributed by atoms with E-state index in [1.54, 1.807) is 11.9 Å². The Hall–Kier alpha value is -2.69. The largest absolute Gasteiger partial charge is 0.337 e. The van der Waals surface area contributed by atoms with Crippen LogP contribution in [0.2, 0.25) is 0 Å². The maximum Gasteiger partial charge on any atom is 0.269 e. The molecule has 5 heteroatoms. The van der Waals surface area contributed by atoms with Gasteiger partial charge in [0.05, 0.1) is 4.92 Å². The average Bonchev–Trinajstić information content (AvgIpc) is 2.49. The maximum absolute atomic E-state index is 12.3. The van der Waals surface area contributed by atoms with Gasteiger partial charge in [-0.05, 0) is 30.2 Å². The van der Waals surface area contributed by atoms with Crippen molar-refractivity contribution in [3.8, 4) is 0 Å². The molecular weight excluding hydrogens is 268 g/mol. The van der Waals surface area contributed by atoms with Gasteiger partial charge in [-0.1, -0.05) is 24.3 Å². The molecule has 2 aromatic carbocycles. The van der Waals surface area contributed by atoms with Crippen LogP contribution in [-0.4, -0.2) is 22.8 Å². The van der Waals surface area contributed by atoms with Crippen LogP contribution in [-0.2, 0) is 6.54 Å². The summed E-state index contributed by atoms with van der Waals surface area (Å²) in [5.74, 6) is -0.159. The van der Waals surface area contributed by atoms with Gasteiger partial charge in [0.2, 0.25) is 0 Å². The number of rotatable bonds is 4. The number of hydrogen-bond donors (Lipinski definition) is 0. The van der Waals surface area contributed by atoms with Gasteiger partial charge in [0.15, 0.2) is 0 Å². The summed E-state index contributed by atoms with van der Waals surface area (Å²) in [7, 11) is 1.72. The van der Waals surface area contributed by atoms with Gasteiger partial charge in [0.25, 0.3) is 11.6 Å². The second-order valence-corrected chi connectivity index (χ2v) is 4.89. The molecule has 21 heavy (non-hydrogen) atoms. The summed E-state index contributed by atoms with van der Waals surface area (Å²) in [6, 6.07) is 13.5. The van der Waals surface area contributed by atoms with Gasteiger partial charge in [-0.15, -0.1) is 0 Å². The Balaban J connectivity index is 2.12. The van der Waals surface area contributed by atoms with Crippen molar-refractivity contribution in [2.75, 3.05) is 7.05 Å². The second-order valence-electron chi connectivity index (χ2n) is 4.89. The second kappa shape index (κ2) is 6.17. The molecule has 2 aromatic rings. The van der Waals surface area contributed by atoms with Crippen molar-refractivity contribution >= 4 is 11.6 Å². The average molecular weight is 284 g/mol. The van der Waals surface area contributed by atoms with Gasteiger partial charge in [0, 0.05) is 31.3 Å². The van der Waals surface area contributed by atoms with Crippen LogP contribution < -0.4 is 0 Å². The molecule has 0 fully saturated rings. The van der Waals surface area contributed by atoms with Gasteiger partial charge in [-0.3, -0.25) is 14.9 Å². The Kier molecular flexibility index (Phi) is 4.33. The number of amides is 1. The van der Waals surface area contributed by atoms with E-state index in [9.17, 15) is 14.9 Å². The summed E-state index contributed by atoms with van der Waals surface area (Å²) in [6.45, 7) is 2.50. The number of hydrogen-bond acceptors (Lipinski definition) is 3. The van der Waals surface area contributed by atoms with Crippen LogP contribution in [0.25, 0.3) is 0 Å². The highest BCUT2D eigenvalue weighted by Crippen LogP contribution is 2.15. The van der Waals surface area contributed by atoms with Crippen molar-refractivity contribution in [2.24, 2.45) is 0 Å². The van der Waals surface area contributed by atoms with Crippen molar-refractivity contribution < 1.29 is 9.72 Å². The van der Waals surface area contributed by atoms with E-state index in [4.69, 9.17) is 0 Å². The summed E-state index contributed by atoms with van der Waals surface area (Å²) in [4.78, 5) is 24.0. The predicted octanol–water partition coefficient (Wildman–Crippen LogP) is 3.18. The van der Waals surface area contributed by atoms with Crippen LogP contribution in [0.4, 0.5) is 5.69 Å². The molecule has 0 saturated carbocycles. The highest BCUT2D eigenvalue weighted by atomic mass is 16.6. The molecule has 0 aliphatic rings. The molecule has 0 bridgehead atoms. The third-order valence-corrected chi connectivity index (χ3v) is 3.34. The Bertz CT molecular complexity index is 665. The van der Waals surface area contributed by atoms with Crippen molar-refractivity contribution in [3.05, 3.63) is 75.3 Å². The summed E-state index contributed by atoms with van der Waals surface area (Å²) in [5.41, 5.74) is 2.63. The minimum atomic E-state index is -0.481. The lowest BCUT2D eigenvalue weighted by molar-refractivity contribution is -0.384. The molecule has 0 atom stereocenters. The lowest BCUT2D eigenvalue weighted by atomic mass is 10.1. The van der Waals surface area contributed by atoms with E-state index in [1.165, 1.54) is 24.3 Å². The van der Waals surface area contributed by atoms with E-state index in [2.05, 4.69) is 0 Å². The van der Waals surface area contributed by atoms with E-state index >= 15 is 0 Å². The highest BCUT2D eigenvalue weighted by molar-refractivity contribution is 5.94. The minimum absolute atomic E-state index is 0.0203. The quantitative estimate of drug-likeness (QED) is 0.640. The predicted molar refractivity (Wildman–Crippen MR) is 80.1 cm³/mol. The van der Waals surface area contributed by atoms with E-state index in [1.807, 2.05) is 31.2 Å². The molecule has 1 amide bonds. The number of nitrogens with zero attached hydrogens (tertiary/aromatic N) is 2. The molecule has 0 N–H and O–H groups in total. The lowest BCUT2D eigenvalue weighted by Crippen LogP contribution is -2.26. The number of nitro benzene ring substituents is 1. The number of benzene rings is 2. The maximum atomic E-state index is 12.3. The summed E-state index contributed by atoms with van der Waals surface area (Å²) in [5, 5.41) is 10.6. The number of carbonyl (C=O) groups excluding carboxylic acids is 1. The Morgan fingerprint density at radius 2 is 1.76 bits per heavy atom. The van der Waals surface area contributed by atoms with E-state index in [0.29, 0.717) is 12.1 Å². The van der Waals surface area contributed by atoms with Gasteiger partial charge in [-0.2, -0.15) is 0 Å². The van der Waals surface area contributed by atoms with Crippen molar-refractivity contribution in [3.63, 3.8) is 0 Å². The van der Waals surface area contributed by atoms with Crippen LogP contribution in [0.15, 0.2) is 48.5 Å². The molecule has 0 unspecified atom stereocenters. The van der Waals surface area contributed by atoms with Gasteiger partial charge in [-0.25, -0.2) is 0 Å². The number of non-ortho nitro benzene ring substituents is 1. The first-order valence-corrected chi connectivity index (χ1v) is 6.53. The third kappa shape index (κ3) is 3.45. The molecule has 0 saturated heterocycles. The van der Waals surface area contributed by atoms with E-state index in [-0.39, 0.29) is 11.6 Å². The van der Waals surface area contributed by atoms with Crippen LogP contribution in [0.1, 0.15) is 21.5 Å². The fourth-order valence-electron chi connectivity index (χ4n) is 2.06. The van der Waals surface area contributed by atoms with Gasteiger partial charge < -0.3 is 4.90 Å². The van der Waals surface area contributed by atoms with Crippen LogP contribution in [0.3, 0.4) is 0 Å². The zero-order chi connectivity index (χ0) is 15.4. The zero-order valence-electron chi connectivity index (χ0n) is 11.9. The standard InChI is InChI=1S/C16H16N2O3/c1-12-5-3-4-6-14(12)11-17(2)16(19)13-7-9-15(10-8-13)18(20)21/h3-10H,11H2,1-2H3. The molecule has 0 aromatic heterocycles. The third-order valence-electron chi connectivity index (χ3n) is 3.34. The number of carbonyl (C=O) groups is 1. The first kappa shape index (κ1) is 14.7. The molecule has 2 rings (SSSR count). The summed E-state index contributed by atoms with van der Waals surface area (Å²) >= 11 is 0. The molecule has 0 aliphatic carbocycles. The SMILES string of the molecule is Cc1ccccc1CN(C)C(=O)c1ccc([N+](=O)[O-])cc1. The smallest absolute Gasteiger partial charge is 0.269 e. The lowest BCUT2D eigenvalue weighted by Gasteiger charge is -2.18. The fraction of sp³-hybridized carbons (Fsp3) is 0.188. The molecule has 0 heterocycles. The Morgan fingerprint density at radius 1 is 1.14 bits per heavy atom. The topological polar surface area (TPSA) is 63.5 Å². The summed E-state index contributed by atoms with van der Waals surface area (Å²) in [6.07, 6.45) is 0. The molecule has 5 nitrogen and oxygen atoms in total. The highest BCUT2D eigenvalue weighted by Gasteiger charge is 2.14. The van der Waals surface area contributed by atoms with E-state index in [0.717, 1.165) is 11.1 Å². The minimum Gasteiger partial charge on any atom is -0.337 e. The van der Waals surface area contributed by atoms with Crippen LogP contribution in [0.5, 0.6) is 0 Å². The number of aryl methyl sites for hydroxylation is 1. The van der Waals surface area contributed by atoms with Crippen molar-refractivity contribution in [1.29, 1.82) is 0 Å². The molecular formula is C16H16N2O3. The molecule has 0 radical (unpaired) electrons. The first-order chi connectivity index (χ1) is 9.99. The van der Waals surface area contributed by atoms with Gasteiger partial charge in [0.1, 0.15) is 0 Å². The normalized spacial score (nSPS) is 10.2. The molecule has 108 valence electrons.